The van der Waals surface area contributed by atoms with Crippen LogP contribution in [0.1, 0.15) is 5.69 Å². The number of nitrogens with two attached hydrogens (primary N) is 1. The van der Waals surface area contributed by atoms with Crippen molar-refractivity contribution >= 4 is 5.69 Å². The predicted molar refractivity (Wildman–Crippen MR) is 72.1 cm³/mol. The molecule has 3 rings (SSSR count). The van der Waals surface area contributed by atoms with Crippen LogP contribution >= 0.6 is 0 Å². The Morgan fingerprint density at radius 2 is 2.00 bits per heavy atom. The van der Waals surface area contributed by atoms with Gasteiger partial charge in [-0.3, -0.25) is 0 Å². The fraction of sp³-hybridized carbons (Fsp3) is 0.0714. The van der Waals surface area contributed by atoms with Crippen molar-refractivity contribution in [3.63, 3.8) is 0 Å². The van der Waals surface area contributed by atoms with E-state index in [0.717, 1.165) is 5.69 Å². The average Bonchev–Trinajstić information content (AvgIpc) is 2.92. The molecular formula is C14H11FN4O. The van der Waals surface area contributed by atoms with Crippen LogP contribution in [0, 0.1) is 12.7 Å². The van der Waals surface area contributed by atoms with Crippen molar-refractivity contribution in [1.82, 2.24) is 15.1 Å². The first-order valence-corrected chi connectivity index (χ1v) is 5.96. The maximum atomic E-state index is 13.4. The molecule has 1 aromatic carbocycles. The van der Waals surface area contributed by atoms with Gasteiger partial charge in [0.25, 0.3) is 5.89 Å². The van der Waals surface area contributed by atoms with E-state index in [1.807, 2.05) is 19.1 Å². The number of anilines is 1. The maximum absolute atomic E-state index is 13.4. The van der Waals surface area contributed by atoms with Crippen molar-refractivity contribution < 1.29 is 8.91 Å². The van der Waals surface area contributed by atoms with Crippen molar-refractivity contribution in [1.29, 1.82) is 0 Å². The second kappa shape index (κ2) is 4.73. The van der Waals surface area contributed by atoms with Gasteiger partial charge in [0, 0.05) is 11.3 Å². The lowest BCUT2D eigenvalue weighted by atomic mass is 10.2. The van der Waals surface area contributed by atoms with Crippen molar-refractivity contribution in [2.75, 3.05) is 5.73 Å². The van der Waals surface area contributed by atoms with E-state index < -0.39 is 5.82 Å². The normalized spacial score (nSPS) is 10.7. The molecule has 20 heavy (non-hydrogen) atoms. The Kier molecular flexibility index (Phi) is 2.90. The third-order valence-electron chi connectivity index (χ3n) is 2.79. The summed E-state index contributed by atoms with van der Waals surface area (Å²) in [6.45, 7) is 1.87. The summed E-state index contributed by atoms with van der Waals surface area (Å²) in [6, 6.07) is 9.86. The van der Waals surface area contributed by atoms with Crippen LogP contribution in [0.5, 0.6) is 0 Å². The molecule has 2 aromatic heterocycles. The van der Waals surface area contributed by atoms with Gasteiger partial charge in [-0.15, -0.1) is 0 Å². The topological polar surface area (TPSA) is 77.8 Å². The summed E-state index contributed by atoms with van der Waals surface area (Å²) in [5, 5.41) is 3.85. The second-order valence-electron chi connectivity index (χ2n) is 4.32. The molecule has 0 aliphatic carbocycles. The van der Waals surface area contributed by atoms with Crippen molar-refractivity contribution in [2.24, 2.45) is 0 Å². The lowest BCUT2D eigenvalue weighted by Gasteiger charge is -1.97. The molecule has 0 unspecified atom stereocenters. The Morgan fingerprint density at radius 3 is 2.75 bits per heavy atom. The van der Waals surface area contributed by atoms with Gasteiger partial charge in [-0.05, 0) is 37.3 Å². The number of halogens is 1. The van der Waals surface area contributed by atoms with Gasteiger partial charge in [0.05, 0.1) is 5.69 Å². The number of nitrogen functional groups attached to an aromatic ring is 1. The Hall–Kier alpha value is -2.76. The van der Waals surface area contributed by atoms with E-state index in [1.165, 1.54) is 12.1 Å². The highest BCUT2D eigenvalue weighted by atomic mass is 19.1. The number of hydrogen-bond acceptors (Lipinski definition) is 5. The number of rotatable bonds is 2. The highest BCUT2D eigenvalue weighted by Crippen LogP contribution is 2.23. The number of aryl methyl sites for hydroxylation is 1. The van der Waals surface area contributed by atoms with E-state index in [1.54, 1.807) is 12.1 Å². The predicted octanol–water partition coefficient (Wildman–Crippen LogP) is 2.83. The van der Waals surface area contributed by atoms with Crippen molar-refractivity contribution in [2.45, 2.75) is 6.92 Å². The third kappa shape index (κ3) is 2.23. The van der Waals surface area contributed by atoms with E-state index in [9.17, 15) is 4.39 Å². The second-order valence-corrected chi connectivity index (χ2v) is 4.32. The summed E-state index contributed by atoms with van der Waals surface area (Å²) in [6.07, 6.45) is 0. The molecule has 2 heterocycles. The average molecular weight is 270 g/mol. The van der Waals surface area contributed by atoms with Gasteiger partial charge in [-0.25, -0.2) is 9.37 Å². The highest BCUT2D eigenvalue weighted by molar-refractivity contribution is 5.60. The van der Waals surface area contributed by atoms with Gasteiger partial charge >= 0.3 is 0 Å². The molecule has 100 valence electrons. The molecule has 0 amide bonds. The standard InChI is InChI=1S/C14H11FN4O/c1-8-3-2-4-12(17-8)13-18-14(20-19-13)9-5-6-11(16)10(15)7-9/h2-7H,16H2,1H3. The Balaban J connectivity index is 1.99. The highest BCUT2D eigenvalue weighted by Gasteiger charge is 2.12. The van der Waals surface area contributed by atoms with Gasteiger partial charge in [0.2, 0.25) is 5.82 Å². The monoisotopic (exact) mass is 270 g/mol. The molecule has 0 saturated carbocycles. The van der Waals surface area contributed by atoms with Crippen molar-refractivity contribution in [3.8, 4) is 23.0 Å². The summed E-state index contributed by atoms with van der Waals surface area (Å²) in [5.41, 5.74) is 7.44. The van der Waals surface area contributed by atoms with E-state index in [0.29, 0.717) is 17.1 Å². The zero-order valence-electron chi connectivity index (χ0n) is 10.7. The van der Waals surface area contributed by atoms with E-state index in [2.05, 4.69) is 15.1 Å². The summed E-state index contributed by atoms with van der Waals surface area (Å²) in [4.78, 5) is 8.52. The van der Waals surface area contributed by atoms with Gasteiger partial charge in [-0.1, -0.05) is 11.2 Å². The minimum atomic E-state index is -0.518. The molecule has 0 bridgehead atoms. The number of aromatic nitrogens is 3. The van der Waals surface area contributed by atoms with Crippen LogP contribution in [-0.4, -0.2) is 15.1 Å². The van der Waals surface area contributed by atoms with E-state index in [-0.39, 0.29) is 11.6 Å². The molecule has 0 radical (unpaired) electrons. The van der Waals surface area contributed by atoms with Gasteiger partial charge in [0.15, 0.2) is 0 Å². The fourth-order valence-electron chi connectivity index (χ4n) is 1.77. The molecular weight excluding hydrogens is 259 g/mol. The van der Waals surface area contributed by atoms with Gasteiger partial charge in [-0.2, -0.15) is 4.98 Å². The minimum absolute atomic E-state index is 0.0776. The van der Waals surface area contributed by atoms with Crippen LogP contribution in [0.4, 0.5) is 10.1 Å². The summed E-state index contributed by atoms with van der Waals surface area (Å²) in [5.74, 6) is 0.0686. The van der Waals surface area contributed by atoms with Crippen LogP contribution in [0.15, 0.2) is 40.9 Å². The quantitative estimate of drug-likeness (QED) is 0.724. The maximum Gasteiger partial charge on any atom is 0.258 e. The smallest absolute Gasteiger partial charge is 0.258 e. The first-order chi connectivity index (χ1) is 9.63. The van der Waals surface area contributed by atoms with Crippen LogP contribution in [0.2, 0.25) is 0 Å². The van der Waals surface area contributed by atoms with Crippen molar-refractivity contribution in [3.05, 3.63) is 47.9 Å². The number of pyridine rings is 1. The third-order valence-corrected chi connectivity index (χ3v) is 2.79. The molecule has 0 aliphatic heterocycles. The van der Waals surface area contributed by atoms with Gasteiger partial charge < -0.3 is 10.3 Å². The summed E-state index contributed by atoms with van der Waals surface area (Å²) >= 11 is 0. The molecule has 0 saturated heterocycles. The molecule has 2 N–H and O–H groups in total. The molecule has 6 heteroatoms. The first-order valence-electron chi connectivity index (χ1n) is 5.96. The van der Waals surface area contributed by atoms with Crippen LogP contribution in [-0.2, 0) is 0 Å². The van der Waals surface area contributed by atoms with Crippen LogP contribution in [0.3, 0.4) is 0 Å². The first kappa shape index (κ1) is 12.3. The largest absolute Gasteiger partial charge is 0.396 e. The lowest BCUT2D eigenvalue weighted by Crippen LogP contribution is -1.91. The van der Waals surface area contributed by atoms with Crippen LogP contribution in [0.25, 0.3) is 23.0 Å². The zero-order chi connectivity index (χ0) is 14.1. The molecule has 0 fully saturated rings. The van der Waals surface area contributed by atoms with Crippen LogP contribution < -0.4 is 5.73 Å². The number of benzene rings is 1. The number of hydrogen-bond donors (Lipinski definition) is 1. The Labute approximate surface area is 114 Å². The number of nitrogens with zero attached hydrogens (tertiary/aromatic N) is 3. The Morgan fingerprint density at radius 1 is 1.15 bits per heavy atom. The molecule has 0 aliphatic rings. The summed E-state index contributed by atoms with van der Waals surface area (Å²) in [7, 11) is 0. The SMILES string of the molecule is Cc1cccc(-c2noc(-c3ccc(N)c(F)c3)n2)n1. The molecule has 0 spiro atoms. The van der Waals surface area contributed by atoms with E-state index in [4.69, 9.17) is 10.3 Å². The van der Waals surface area contributed by atoms with Gasteiger partial charge in [0.1, 0.15) is 11.5 Å². The fourth-order valence-corrected chi connectivity index (χ4v) is 1.77. The van der Waals surface area contributed by atoms with E-state index >= 15 is 0 Å². The summed E-state index contributed by atoms with van der Waals surface area (Å²) < 4.78 is 18.6. The zero-order valence-corrected chi connectivity index (χ0v) is 10.7. The minimum Gasteiger partial charge on any atom is -0.396 e. The molecule has 5 nitrogen and oxygen atoms in total. The Bertz CT molecular complexity index is 769. The molecule has 3 aromatic rings. The molecule has 0 atom stereocenters. The lowest BCUT2D eigenvalue weighted by molar-refractivity contribution is 0.432.